The summed E-state index contributed by atoms with van der Waals surface area (Å²) in [5.74, 6) is -1.74. The average molecular weight is 535 g/mol. The predicted octanol–water partition coefficient (Wildman–Crippen LogP) is 5.94. The summed E-state index contributed by atoms with van der Waals surface area (Å²) >= 11 is 0. The molecule has 0 aliphatic heterocycles. The summed E-state index contributed by atoms with van der Waals surface area (Å²) in [6.07, 6.45) is 22.6. The van der Waals surface area contributed by atoms with Crippen molar-refractivity contribution in [2.24, 2.45) is 5.41 Å². The number of aliphatic carboxylic acids is 2. The Morgan fingerprint density at radius 2 is 0.865 bits per heavy atom. The van der Waals surface area contributed by atoms with Crippen LogP contribution in [0.2, 0.25) is 0 Å². The summed E-state index contributed by atoms with van der Waals surface area (Å²) in [6.45, 7) is 2.38. The molecule has 0 aliphatic carbocycles. The summed E-state index contributed by atoms with van der Waals surface area (Å²) in [4.78, 5) is 19.8. The monoisotopic (exact) mass is 534 g/mol. The topological polar surface area (TPSA) is 145 Å². The molecule has 37 heavy (non-hydrogen) atoms. The second-order valence-electron chi connectivity index (χ2n) is 10.3. The Labute approximate surface area is 225 Å². The SMILES string of the molecule is CCCCCCCCCCCCCCCCCCOCC(CO)(CO)CO.O=C(O)CCCCC(=O)O. The Hall–Kier alpha value is -1.22. The Morgan fingerprint density at radius 1 is 0.541 bits per heavy atom. The van der Waals surface area contributed by atoms with Crippen LogP contribution in [-0.2, 0) is 14.3 Å². The van der Waals surface area contributed by atoms with Crippen molar-refractivity contribution in [2.75, 3.05) is 33.0 Å². The molecule has 0 bridgehead atoms. The molecule has 8 heteroatoms. The van der Waals surface area contributed by atoms with Crippen LogP contribution >= 0.6 is 0 Å². The first-order valence-electron chi connectivity index (χ1n) is 14.7. The zero-order chi connectivity index (χ0) is 28.0. The maximum absolute atomic E-state index is 9.90. The van der Waals surface area contributed by atoms with Gasteiger partial charge in [0.15, 0.2) is 0 Å². The van der Waals surface area contributed by atoms with E-state index in [-0.39, 0.29) is 39.3 Å². The zero-order valence-electron chi connectivity index (χ0n) is 23.6. The van der Waals surface area contributed by atoms with Gasteiger partial charge in [0.1, 0.15) is 0 Å². The molecular weight excluding hydrogens is 476 g/mol. The first kappa shape index (κ1) is 37.9. The van der Waals surface area contributed by atoms with Crippen molar-refractivity contribution < 1.29 is 39.9 Å². The van der Waals surface area contributed by atoms with Gasteiger partial charge in [0.2, 0.25) is 0 Å². The number of rotatable bonds is 27. The van der Waals surface area contributed by atoms with Gasteiger partial charge in [-0.2, -0.15) is 0 Å². The van der Waals surface area contributed by atoms with E-state index in [1.54, 1.807) is 0 Å². The minimum atomic E-state index is -0.894. The molecule has 5 N–H and O–H groups in total. The van der Waals surface area contributed by atoms with Gasteiger partial charge < -0.3 is 30.3 Å². The minimum absolute atomic E-state index is 0.0628. The maximum Gasteiger partial charge on any atom is 0.303 e. The van der Waals surface area contributed by atoms with Crippen molar-refractivity contribution in [3.63, 3.8) is 0 Å². The number of carboxylic acids is 2. The number of ether oxygens (including phenoxy) is 1. The van der Waals surface area contributed by atoms with Crippen LogP contribution in [0.15, 0.2) is 0 Å². The molecule has 0 aromatic carbocycles. The van der Waals surface area contributed by atoms with Crippen molar-refractivity contribution in [3.8, 4) is 0 Å². The molecule has 0 heterocycles. The second-order valence-corrected chi connectivity index (χ2v) is 10.3. The number of carboxylic acid groups (broad SMARTS) is 2. The van der Waals surface area contributed by atoms with E-state index in [0.717, 1.165) is 6.42 Å². The first-order chi connectivity index (χ1) is 17.9. The number of aliphatic hydroxyl groups excluding tert-OH is 3. The van der Waals surface area contributed by atoms with Gasteiger partial charge >= 0.3 is 11.9 Å². The molecule has 0 spiro atoms. The van der Waals surface area contributed by atoms with Crippen molar-refractivity contribution in [1.82, 2.24) is 0 Å². The summed E-state index contributed by atoms with van der Waals surface area (Å²) in [7, 11) is 0. The van der Waals surface area contributed by atoms with Gasteiger partial charge in [0, 0.05) is 19.4 Å². The van der Waals surface area contributed by atoms with E-state index < -0.39 is 17.4 Å². The van der Waals surface area contributed by atoms with E-state index in [4.69, 9.17) is 14.9 Å². The number of hydrogen-bond donors (Lipinski definition) is 5. The third kappa shape index (κ3) is 29.2. The summed E-state index contributed by atoms with van der Waals surface area (Å²) < 4.78 is 5.51. The largest absolute Gasteiger partial charge is 0.481 e. The van der Waals surface area contributed by atoms with Gasteiger partial charge in [-0.05, 0) is 19.3 Å². The van der Waals surface area contributed by atoms with E-state index in [1.165, 1.54) is 96.3 Å². The minimum Gasteiger partial charge on any atom is -0.481 e. The maximum atomic E-state index is 9.90. The van der Waals surface area contributed by atoms with Crippen LogP contribution in [-0.4, -0.2) is 70.5 Å². The van der Waals surface area contributed by atoms with E-state index in [0.29, 0.717) is 19.4 Å². The van der Waals surface area contributed by atoms with Crippen molar-refractivity contribution in [3.05, 3.63) is 0 Å². The molecule has 0 fully saturated rings. The first-order valence-corrected chi connectivity index (χ1v) is 14.7. The molecule has 8 nitrogen and oxygen atoms in total. The molecule has 0 atom stereocenters. The average Bonchev–Trinajstić information content (AvgIpc) is 2.89. The Balaban J connectivity index is 0. The standard InChI is InChI=1S/C23H48O4.C6H10O4/c1-2-3-4-5-6-7-8-9-10-11-12-13-14-15-16-17-18-27-22-23(19-24,20-25)21-26;7-5(8)3-1-2-4-6(9)10/h24-26H,2-22H2,1H3;1-4H2,(H,7,8)(H,9,10). The number of aliphatic hydroxyl groups is 3. The smallest absolute Gasteiger partial charge is 0.303 e. The molecule has 0 unspecified atom stereocenters. The predicted molar refractivity (Wildman–Crippen MR) is 148 cm³/mol. The molecule has 0 amide bonds. The van der Waals surface area contributed by atoms with Gasteiger partial charge in [0.05, 0.1) is 31.8 Å². The van der Waals surface area contributed by atoms with Crippen LogP contribution in [0.1, 0.15) is 135 Å². The lowest BCUT2D eigenvalue weighted by molar-refractivity contribution is -0.139. The van der Waals surface area contributed by atoms with Crippen LogP contribution in [0.3, 0.4) is 0 Å². The van der Waals surface area contributed by atoms with E-state index in [9.17, 15) is 24.9 Å². The molecule has 0 saturated carbocycles. The number of unbranched alkanes of at least 4 members (excludes halogenated alkanes) is 16. The fourth-order valence-corrected chi connectivity index (χ4v) is 3.88. The molecule has 0 aromatic heterocycles. The van der Waals surface area contributed by atoms with Crippen molar-refractivity contribution in [1.29, 1.82) is 0 Å². The highest BCUT2D eigenvalue weighted by Crippen LogP contribution is 2.16. The summed E-state index contributed by atoms with van der Waals surface area (Å²) in [5, 5.41) is 43.9. The van der Waals surface area contributed by atoms with E-state index >= 15 is 0 Å². The lowest BCUT2D eigenvalue weighted by atomic mass is 9.93. The van der Waals surface area contributed by atoms with Crippen LogP contribution in [0, 0.1) is 5.41 Å². The van der Waals surface area contributed by atoms with Gasteiger partial charge in [-0.25, -0.2) is 0 Å². The highest BCUT2D eigenvalue weighted by atomic mass is 16.5. The van der Waals surface area contributed by atoms with Crippen molar-refractivity contribution in [2.45, 2.75) is 135 Å². The van der Waals surface area contributed by atoms with Crippen LogP contribution in [0.5, 0.6) is 0 Å². The van der Waals surface area contributed by atoms with E-state index in [1.807, 2.05) is 0 Å². The van der Waals surface area contributed by atoms with Gasteiger partial charge in [-0.15, -0.1) is 0 Å². The Bertz CT molecular complexity index is 470. The quantitative estimate of drug-likeness (QED) is 0.0814. The van der Waals surface area contributed by atoms with Crippen LogP contribution in [0.25, 0.3) is 0 Å². The van der Waals surface area contributed by atoms with Gasteiger partial charge in [0.25, 0.3) is 0 Å². The lowest BCUT2D eigenvalue weighted by Crippen LogP contribution is -2.38. The second kappa shape index (κ2) is 29.3. The number of carbonyl (C=O) groups is 2. The Morgan fingerprint density at radius 3 is 1.16 bits per heavy atom. The molecule has 0 aromatic rings. The van der Waals surface area contributed by atoms with Crippen LogP contribution < -0.4 is 0 Å². The molecule has 0 aliphatic rings. The highest BCUT2D eigenvalue weighted by Gasteiger charge is 2.28. The molecule has 0 saturated heterocycles. The van der Waals surface area contributed by atoms with Gasteiger partial charge in [-0.3, -0.25) is 9.59 Å². The van der Waals surface area contributed by atoms with E-state index in [2.05, 4.69) is 6.92 Å². The lowest BCUT2D eigenvalue weighted by Gasteiger charge is -2.26. The fourth-order valence-electron chi connectivity index (χ4n) is 3.88. The summed E-state index contributed by atoms with van der Waals surface area (Å²) in [6, 6.07) is 0. The molecular formula is C29H58O8. The zero-order valence-corrected chi connectivity index (χ0v) is 23.6. The third-order valence-corrected chi connectivity index (χ3v) is 6.59. The molecule has 0 radical (unpaired) electrons. The molecule has 222 valence electrons. The summed E-state index contributed by atoms with van der Waals surface area (Å²) in [5.41, 5.74) is -0.894. The Kier molecular flexibility index (Phi) is 30.1. The highest BCUT2D eigenvalue weighted by molar-refractivity contribution is 5.67. The molecule has 0 rings (SSSR count). The van der Waals surface area contributed by atoms with Crippen molar-refractivity contribution >= 4 is 11.9 Å². The fraction of sp³-hybridized carbons (Fsp3) is 0.931. The number of hydrogen-bond acceptors (Lipinski definition) is 6. The third-order valence-electron chi connectivity index (χ3n) is 6.59. The normalized spacial score (nSPS) is 11.2. The van der Waals surface area contributed by atoms with Crippen LogP contribution in [0.4, 0.5) is 0 Å². The van der Waals surface area contributed by atoms with Gasteiger partial charge in [-0.1, -0.05) is 103 Å².